The Hall–Kier alpha value is -3.42. The molecule has 2 aromatic rings. The van der Waals surface area contributed by atoms with Crippen molar-refractivity contribution in [1.29, 1.82) is 0 Å². The first-order valence-electron chi connectivity index (χ1n) is 9.00. The number of hydrogen-bond donors (Lipinski definition) is 2. The highest BCUT2D eigenvalue weighted by Crippen LogP contribution is 2.38. The summed E-state index contributed by atoms with van der Waals surface area (Å²) in [5.41, 5.74) is 1.37. The van der Waals surface area contributed by atoms with Gasteiger partial charge in [0.2, 0.25) is 11.7 Å². The van der Waals surface area contributed by atoms with Gasteiger partial charge in [-0.15, -0.1) is 0 Å². The van der Waals surface area contributed by atoms with Crippen molar-refractivity contribution in [3.63, 3.8) is 0 Å². The van der Waals surface area contributed by atoms with E-state index in [2.05, 4.69) is 10.6 Å². The first-order valence-corrected chi connectivity index (χ1v) is 9.00. The number of carbonyl (C=O) groups excluding carboxylic acids is 2. The summed E-state index contributed by atoms with van der Waals surface area (Å²) in [6.07, 6.45) is 0.677. The van der Waals surface area contributed by atoms with E-state index >= 15 is 0 Å². The van der Waals surface area contributed by atoms with Crippen molar-refractivity contribution in [2.45, 2.75) is 6.42 Å². The molecule has 0 aliphatic carbocycles. The Morgan fingerprint density at radius 2 is 1.45 bits per heavy atom. The highest BCUT2D eigenvalue weighted by Gasteiger charge is 2.17. The molecule has 8 nitrogen and oxygen atoms in total. The van der Waals surface area contributed by atoms with Crippen LogP contribution in [0, 0.1) is 0 Å². The number of benzene rings is 2. The average Bonchev–Trinajstić information content (AvgIpc) is 2.76. The molecule has 156 valence electrons. The van der Waals surface area contributed by atoms with Gasteiger partial charge in [-0.1, -0.05) is 12.1 Å². The molecule has 0 aliphatic heterocycles. The van der Waals surface area contributed by atoms with E-state index in [0.29, 0.717) is 35.8 Å². The normalized spacial score (nSPS) is 10.1. The maximum Gasteiger partial charge on any atom is 0.251 e. The van der Waals surface area contributed by atoms with Crippen LogP contribution in [0.15, 0.2) is 36.4 Å². The van der Waals surface area contributed by atoms with E-state index in [1.807, 2.05) is 24.3 Å². The van der Waals surface area contributed by atoms with Crippen molar-refractivity contribution in [3.05, 3.63) is 47.5 Å². The van der Waals surface area contributed by atoms with Crippen LogP contribution in [0.5, 0.6) is 23.0 Å². The fourth-order valence-electron chi connectivity index (χ4n) is 2.68. The lowest BCUT2D eigenvalue weighted by molar-refractivity contribution is -0.120. The molecule has 0 unspecified atom stereocenters. The second kappa shape index (κ2) is 10.8. The number of nitrogens with one attached hydrogen (secondary N) is 2. The Labute approximate surface area is 170 Å². The van der Waals surface area contributed by atoms with Crippen LogP contribution in [-0.4, -0.2) is 53.3 Å². The van der Waals surface area contributed by atoms with E-state index in [1.165, 1.54) is 33.5 Å². The van der Waals surface area contributed by atoms with Gasteiger partial charge < -0.3 is 29.6 Å². The SMILES string of the molecule is COc1ccc(CCNC(=O)CNC(=O)c2cc(OC)c(OC)c(OC)c2)cc1. The van der Waals surface area contributed by atoms with Crippen molar-refractivity contribution in [2.24, 2.45) is 0 Å². The molecule has 0 aromatic heterocycles. The van der Waals surface area contributed by atoms with Gasteiger partial charge in [0.15, 0.2) is 11.5 Å². The van der Waals surface area contributed by atoms with E-state index in [9.17, 15) is 9.59 Å². The standard InChI is InChI=1S/C21H26N2O6/c1-26-16-7-5-14(6-8-16)9-10-22-19(24)13-23-21(25)15-11-17(27-2)20(29-4)18(12-15)28-3/h5-8,11-12H,9-10,13H2,1-4H3,(H,22,24)(H,23,25). The molecule has 0 atom stereocenters. The number of hydrogen-bond acceptors (Lipinski definition) is 6. The van der Waals surface area contributed by atoms with E-state index in [0.717, 1.165) is 11.3 Å². The van der Waals surface area contributed by atoms with Crippen LogP contribution in [0.2, 0.25) is 0 Å². The van der Waals surface area contributed by atoms with Crippen molar-refractivity contribution in [3.8, 4) is 23.0 Å². The molecular formula is C21H26N2O6. The summed E-state index contributed by atoms with van der Waals surface area (Å²) in [7, 11) is 6.03. The minimum atomic E-state index is -0.422. The van der Waals surface area contributed by atoms with E-state index in [4.69, 9.17) is 18.9 Å². The molecule has 0 fully saturated rings. The van der Waals surface area contributed by atoms with Crippen LogP contribution in [-0.2, 0) is 11.2 Å². The Bertz CT molecular complexity index is 811. The number of carbonyl (C=O) groups is 2. The van der Waals surface area contributed by atoms with Crippen molar-refractivity contribution in [1.82, 2.24) is 10.6 Å². The summed E-state index contributed by atoms with van der Waals surface area (Å²) < 4.78 is 20.8. The van der Waals surface area contributed by atoms with Crippen molar-refractivity contribution >= 4 is 11.8 Å². The molecule has 0 heterocycles. The van der Waals surface area contributed by atoms with Gasteiger partial charge >= 0.3 is 0 Å². The third kappa shape index (κ3) is 6.03. The maximum absolute atomic E-state index is 12.4. The third-order valence-electron chi connectivity index (χ3n) is 4.23. The number of methoxy groups -OCH3 is 4. The van der Waals surface area contributed by atoms with E-state index in [1.54, 1.807) is 7.11 Å². The second-order valence-electron chi connectivity index (χ2n) is 6.04. The molecule has 0 radical (unpaired) electrons. The molecule has 29 heavy (non-hydrogen) atoms. The monoisotopic (exact) mass is 402 g/mol. The Morgan fingerprint density at radius 3 is 1.97 bits per heavy atom. The largest absolute Gasteiger partial charge is 0.497 e. The molecule has 0 saturated carbocycles. The highest BCUT2D eigenvalue weighted by atomic mass is 16.5. The Balaban J connectivity index is 1.85. The zero-order valence-corrected chi connectivity index (χ0v) is 17.0. The van der Waals surface area contributed by atoms with E-state index < -0.39 is 5.91 Å². The molecule has 2 aromatic carbocycles. The van der Waals surface area contributed by atoms with Crippen LogP contribution < -0.4 is 29.6 Å². The average molecular weight is 402 g/mol. The Kier molecular flexibility index (Phi) is 8.14. The lowest BCUT2D eigenvalue weighted by Crippen LogP contribution is -2.37. The van der Waals surface area contributed by atoms with Gasteiger partial charge in [-0.2, -0.15) is 0 Å². The summed E-state index contributed by atoms with van der Waals surface area (Å²) >= 11 is 0. The molecule has 2 amide bonds. The number of amides is 2. The molecule has 2 N–H and O–H groups in total. The molecule has 0 spiro atoms. The summed E-state index contributed by atoms with van der Waals surface area (Å²) in [5, 5.41) is 5.36. The third-order valence-corrected chi connectivity index (χ3v) is 4.23. The lowest BCUT2D eigenvalue weighted by Gasteiger charge is -2.14. The van der Waals surface area contributed by atoms with Crippen molar-refractivity contribution < 1.29 is 28.5 Å². The van der Waals surface area contributed by atoms with Gasteiger partial charge in [0.05, 0.1) is 35.0 Å². The lowest BCUT2D eigenvalue weighted by atomic mass is 10.1. The smallest absolute Gasteiger partial charge is 0.251 e. The Morgan fingerprint density at radius 1 is 0.828 bits per heavy atom. The zero-order chi connectivity index (χ0) is 21.2. The summed E-state index contributed by atoms with van der Waals surface area (Å²) in [6, 6.07) is 10.7. The highest BCUT2D eigenvalue weighted by molar-refractivity contribution is 5.97. The topological polar surface area (TPSA) is 95.1 Å². The minimum Gasteiger partial charge on any atom is -0.497 e. The van der Waals surface area contributed by atoms with Gasteiger partial charge in [-0.05, 0) is 36.2 Å². The van der Waals surface area contributed by atoms with Gasteiger partial charge in [-0.3, -0.25) is 9.59 Å². The number of rotatable bonds is 10. The molecule has 0 saturated heterocycles. The van der Waals surface area contributed by atoms with Crippen LogP contribution in [0.4, 0.5) is 0 Å². The predicted octanol–water partition coefficient (Wildman–Crippen LogP) is 1.81. The predicted molar refractivity (Wildman–Crippen MR) is 108 cm³/mol. The summed E-state index contributed by atoms with van der Waals surface area (Å²) in [4.78, 5) is 24.4. The van der Waals surface area contributed by atoms with Gasteiger partial charge in [-0.25, -0.2) is 0 Å². The van der Waals surface area contributed by atoms with Crippen LogP contribution in [0.1, 0.15) is 15.9 Å². The molecule has 8 heteroatoms. The van der Waals surface area contributed by atoms with Gasteiger partial charge in [0.1, 0.15) is 5.75 Å². The van der Waals surface area contributed by atoms with Gasteiger partial charge in [0.25, 0.3) is 5.91 Å². The second-order valence-corrected chi connectivity index (χ2v) is 6.04. The van der Waals surface area contributed by atoms with E-state index in [-0.39, 0.29) is 12.5 Å². The quantitative estimate of drug-likeness (QED) is 0.629. The van der Waals surface area contributed by atoms with Crippen LogP contribution in [0.25, 0.3) is 0 Å². The van der Waals surface area contributed by atoms with Crippen LogP contribution in [0.3, 0.4) is 0 Å². The summed E-state index contributed by atoms with van der Waals surface area (Å²) in [6.45, 7) is 0.323. The summed E-state index contributed by atoms with van der Waals surface area (Å²) in [5.74, 6) is 1.20. The first kappa shape index (κ1) is 21.9. The maximum atomic E-state index is 12.4. The number of ether oxygens (including phenoxy) is 4. The molecular weight excluding hydrogens is 376 g/mol. The molecule has 2 rings (SSSR count). The molecule has 0 bridgehead atoms. The fraction of sp³-hybridized carbons (Fsp3) is 0.333. The first-order chi connectivity index (χ1) is 14.0. The van der Waals surface area contributed by atoms with Gasteiger partial charge in [0, 0.05) is 12.1 Å². The van der Waals surface area contributed by atoms with Crippen molar-refractivity contribution in [2.75, 3.05) is 41.5 Å². The molecule has 0 aliphatic rings. The van der Waals surface area contributed by atoms with Crippen LogP contribution >= 0.6 is 0 Å². The fourth-order valence-corrected chi connectivity index (χ4v) is 2.68. The zero-order valence-electron chi connectivity index (χ0n) is 17.0. The minimum absolute atomic E-state index is 0.141.